The number of pyridine rings is 2. The predicted octanol–water partition coefficient (Wildman–Crippen LogP) is 4.58. The molecule has 2 aromatic heterocycles. The number of nitrogen functional groups attached to an aromatic ring is 1. The van der Waals surface area contributed by atoms with Crippen LogP contribution in [0.4, 0.5) is 11.6 Å². The molecule has 1 aliphatic heterocycles. The normalized spacial score (nSPS) is 15.7. The Labute approximate surface area is 210 Å². The Bertz CT molecular complexity index is 1360. The van der Waals surface area contributed by atoms with Gasteiger partial charge in [-0.3, -0.25) is 4.79 Å². The van der Waals surface area contributed by atoms with Crippen molar-refractivity contribution in [2.24, 2.45) is 0 Å². The number of nitrogens with two attached hydrogens (primary N) is 1. The predicted molar refractivity (Wildman–Crippen MR) is 146 cm³/mol. The lowest BCUT2D eigenvalue weighted by Crippen LogP contribution is -2.46. The molecule has 4 aromatic rings. The van der Waals surface area contributed by atoms with Crippen LogP contribution in [0.3, 0.4) is 0 Å². The first-order valence-corrected chi connectivity index (χ1v) is 11.6. The largest absolute Gasteiger partial charge is 0.392 e. The van der Waals surface area contributed by atoms with Crippen LogP contribution in [-0.2, 0) is 6.61 Å². The summed E-state index contributed by atoms with van der Waals surface area (Å²) < 4.78 is 0. The van der Waals surface area contributed by atoms with Crippen LogP contribution in [-0.4, -0.2) is 40.5 Å². The van der Waals surface area contributed by atoms with Crippen molar-refractivity contribution in [1.29, 1.82) is 0 Å². The minimum atomic E-state index is -0.282. The van der Waals surface area contributed by atoms with Crippen molar-refractivity contribution in [2.45, 2.75) is 12.6 Å². The van der Waals surface area contributed by atoms with Gasteiger partial charge >= 0.3 is 0 Å². The van der Waals surface area contributed by atoms with Gasteiger partial charge in [0.05, 0.1) is 12.2 Å². The molecule has 7 heteroatoms. The Balaban J connectivity index is 0.00000190. The minimum Gasteiger partial charge on any atom is -0.392 e. The maximum Gasteiger partial charge on any atom is 0.215 e. The number of carbonyl (C=O) groups excluding carboxylic acids is 1. The van der Waals surface area contributed by atoms with Crippen molar-refractivity contribution in [1.82, 2.24) is 15.3 Å². The number of nitrogens with one attached hydrogen (secondary N) is 1. The highest BCUT2D eigenvalue weighted by molar-refractivity contribution is 6.11. The molecule has 7 nitrogen and oxygen atoms in total. The summed E-state index contributed by atoms with van der Waals surface area (Å²) in [5.41, 5.74) is 10.2. The summed E-state index contributed by atoms with van der Waals surface area (Å²) in [4.78, 5) is 24.6. The number of piperazine rings is 1. The second kappa shape index (κ2) is 10.0. The highest BCUT2D eigenvalue weighted by Crippen LogP contribution is 2.27. The van der Waals surface area contributed by atoms with Crippen LogP contribution < -0.4 is 16.0 Å². The number of anilines is 2. The van der Waals surface area contributed by atoms with Gasteiger partial charge in [0.15, 0.2) is 0 Å². The summed E-state index contributed by atoms with van der Waals surface area (Å²) in [7, 11) is 0. The zero-order chi connectivity index (χ0) is 24.2. The van der Waals surface area contributed by atoms with Gasteiger partial charge in [0.25, 0.3) is 0 Å². The Morgan fingerprint density at radius 1 is 1.09 bits per heavy atom. The van der Waals surface area contributed by atoms with Gasteiger partial charge in [-0.2, -0.15) is 0 Å². The van der Waals surface area contributed by atoms with Crippen molar-refractivity contribution in [3.05, 3.63) is 107 Å². The molecule has 0 radical (unpaired) electrons. The molecular weight excluding hydrogens is 438 g/mol. The average Bonchev–Trinajstić information content (AvgIpc) is 2.93. The Kier molecular flexibility index (Phi) is 6.52. The van der Waals surface area contributed by atoms with E-state index in [0.29, 0.717) is 11.3 Å². The molecule has 184 valence electrons. The number of aliphatic hydroxyl groups is 1. The van der Waals surface area contributed by atoms with Gasteiger partial charge in [0.2, 0.25) is 5.78 Å². The molecule has 2 aromatic carbocycles. The molecule has 0 bridgehead atoms. The van der Waals surface area contributed by atoms with E-state index < -0.39 is 0 Å². The first kappa shape index (κ1) is 22.7. The summed E-state index contributed by atoms with van der Waals surface area (Å²) in [6.07, 6.45) is 1.62. The fourth-order valence-corrected chi connectivity index (χ4v) is 4.47. The van der Waals surface area contributed by atoms with Gasteiger partial charge in [0, 0.05) is 43.1 Å². The summed E-state index contributed by atoms with van der Waals surface area (Å²) in [6.45, 7) is 2.27. The van der Waals surface area contributed by atoms with Crippen LogP contribution in [0.5, 0.6) is 0 Å². The van der Waals surface area contributed by atoms with E-state index in [9.17, 15) is 9.90 Å². The summed E-state index contributed by atoms with van der Waals surface area (Å²) in [5.74, 6) is 0.625. The third-order valence-corrected chi connectivity index (χ3v) is 6.33. The molecule has 0 aliphatic carbocycles. The molecule has 4 N–H and O–H groups in total. The molecule has 5 rings (SSSR count). The van der Waals surface area contributed by atoms with Crippen molar-refractivity contribution < 1.29 is 15.6 Å². The molecule has 1 aliphatic rings. The summed E-state index contributed by atoms with van der Waals surface area (Å²) in [5, 5.41) is 13.3. The van der Waals surface area contributed by atoms with E-state index in [2.05, 4.69) is 27.3 Å². The second-order valence-electron chi connectivity index (χ2n) is 8.55. The van der Waals surface area contributed by atoms with E-state index in [1.165, 1.54) is 5.56 Å². The van der Waals surface area contributed by atoms with E-state index in [-0.39, 0.29) is 30.0 Å². The monoisotopic (exact) mass is 473 g/mol. The zero-order valence-corrected chi connectivity index (χ0v) is 19.3. The molecule has 1 atom stereocenters. The van der Waals surface area contributed by atoms with Crippen molar-refractivity contribution in [2.75, 3.05) is 30.3 Å². The number of ketones is 1. The lowest BCUT2D eigenvalue weighted by atomic mass is 9.98. The van der Waals surface area contributed by atoms with E-state index in [1.807, 2.05) is 54.6 Å². The Morgan fingerprint density at radius 2 is 1.89 bits per heavy atom. The molecule has 0 spiro atoms. The van der Waals surface area contributed by atoms with Crippen molar-refractivity contribution >= 4 is 17.4 Å². The number of hydrogen-bond acceptors (Lipinski definition) is 7. The third-order valence-electron chi connectivity index (χ3n) is 6.33. The van der Waals surface area contributed by atoms with Crippen LogP contribution >= 0.6 is 0 Å². The smallest absolute Gasteiger partial charge is 0.215 e. The standard InChI is InChI=1S/C28H27N5O2.4H2/c29-28-23(15-21(16-31-28)22-10-5-4-9-20(22)18-34)27(35)24-11-6-12-26(32-24)33-14-13-30-25(17-33)19-7-2-1-3-8-19;;;;/h1-12,15-16,25,30,34H,13-14,17-18H2,(H2,29,31);4*1H. The van der Waals surface area contributed by atoms with Crippen LogP contribution in [0.1, 0.15) is 38.9 Å². The Morgan fingerprint density at radius 3 is 2.71 bits per heavy atom. The lowest BCUT2D eigenvalue weighted by Gasteiger charge is -2.35. The first-order chi connectivity index (χ1) is 17.1. The highest BCUT2D eigenvalue weighted by Gasteiger charge is 2.23. The van der Waals surface area contributed by atoms with E-state index in [4.69, 9.17) is 10.7 Å². The van der Waals surface area contributed by atoms with E-state index >= 15 is 0 Å². The number of hydrogen-bond donors (Lipinski definition) is 3. The molecule has 0 amide bonds. The molecule has 0 saturated carbocycles. The van der Waals surface area contributed by atoms with Gasteiger partial charge in [0.1, 0.15) is 17.3 Å². The third kappa shape index (κ3) is 4.77. The topological polar surface area (TPSA) is 104 Å². The fraction of sp³-hybridized carbons (Fsp3) is 0.179. The maximum absolute atomic E-state index is 13.5. The second-order valence-corrected chi connectivity index (χ2v) is 8.55. The first-order valence-electron chi connectivity index (χ1n) is 11.6. The van der Waals surface area contributed by atoms with E-state index in [0.717, 1.165) is 42.1 Å². The number of aromatic nitrogens is 2. The summed E-state index contributed by atoms with van der Waals surface area (Å²) >= 11 is 0. The quantitative estimate of drug-likeness (QED) is 0.352. The number of carbonyl (C=O) groups is 1. The van der Waals surface area contributed by atoms with Crippen LogP contribution in [0, 0.1) is 0 Å². The van der Waals surface area contributed by atoms with Gasteiger partial charge in [-0.25, -0.2) is 9.97 Å². The van der Waals surface area contributed by atoms with E-state index in [1.54, 1.807) is 18.3 Å². The molecule has 35 heavy (non-hydrogen) atoms. The number of aliphatic hydroxyl groups excluding tert-OH is 1. The van der Waals surface area contributed by atoms with Crippen molar-refractivity contribution in [3.63, 3.8) is 0 Å². The van der Waals surface area contributed by atoms with Crippen LogP contribution in [0.15, 0.2) is 85.1 Å². The number of rotatable bonds is 6. The molecule has 1 fully saturated rings. The van der Waals surface area contributed by atoms with Crippen LogP contribution in [0.2, 0.25) is 0 Å². The van der Waals surface area contributed by atoms with Gasteiger partial charge in [-0.1, -0.05) is 60.7 Å². The van der Waals surface area contributed by atoms with Crippen LogP contribution in [0.25, 0.3) is 11.1 Å². The SMILES string of the molecule is Nc1ncc(-c2ccccc2CO)cc1C(=O)c1cccc(N2CCNC(c3ccccc3)C2)n1.[HH].[HH].[HH].[HH]. The zero-order valence-electron chi connectivity index (χ0n) is 19.3. The molecule has 1 saturated heterocycles. The summed E-state index contributed by atoms with van der Waals surface area (Å²) in [6, 6.07) is 25.2. The van der Waals surface area contributed by atoms with Gasteiger partial charge in [-0.15, -0.1) is 0 Å². The lowest BCUT2D eigenvalue weighted by molar-refractivity contribution is 0.103. The van der Waals surface area contributed by atoms with Gasteiger partial charge in [-0.05, 0) is 34.9 Å². The Hall–Kier alpha value is -4.07. The molecule has 1 unspecified atom stereocenters. The maximum atomic E-state index is 13.5. The highest BCUT2D eigenvalue weighted by atomic mass is 16.3. The number of benzene rings is 2. The average molecular weight is 474 g/mol. The minimum absolute atomic E-state index is 0. The van der Waals surface area contributed by atoms with Gasteiger partial charge < -0.3 is 21.1 Å². The molecular formula is C28H35N5O2. The number of nitrogens with zero attached hydrogens (tertiary/aromatic N) is 3. The van der Waals surface area contributed by atoms with Crippen molar-refractivity contribution in [3.8, 4) is 11.1 Å². The molecule has 3 heterocycles. The fourth-order valence-electron chi connectivity index (χ4n) is 4.47.